The van der Waals surface area contributed by atoms with Crippen LogP contribution in [0.25, 0.3) is 88.5 Å². The van der Waals surface area contributed by atoms with Crippen molar-refractivity contribution in [1.82, 2.24) is 9.97 Å². The lowest BCUT2D eigenvalue weighted by molar-refractivity contribution is 0.794. The Balaban J connectivity index is 1.19. The molecule has 55 heavy (non-hydrogen) atoms. The Morgan fingerprint density at radius 3 is 1.64 bits per heavy atom. The van der Waals surface area contributed by atoms with Crippen molar-refractivity contribution in [2.24, 2.45) is 0 Å². The lowest BCUT2D eigenvalue weighted by atomic mass is 9.70. The summed E-state index contributed by atoms with van der Waals surface area (Å²) < 4.78 is 0. The van der Waals surface area contributed by atoms with Crippen LogP contribution < -0.4 is 0 Å². The molecule has 2 nitrogen and oxygen atoms in total. The van der Waals surface area contributed by atoms with Crippen LogP contribution in [0.4, 0.5) is 0 Å². The summed E-state index contributed by atoms with van der Waals surface area (Å²) in [5.41, 5.74) is 15.0. The predicted molar refractivity (Wildman–Crippen MR) is 227 cm³/mol. The van der Waals surface area contributed by atoms with Gasteiger partial charge in [-0.2, -0.15) is 0 Å². The first kappa shape index (κ1) is 30.3. The third kappa shape index (κ3) is 4.14. The highest BCUT2D eigenvalue weighted by atomic mass is 14.9. The molecular formula is C53H32N2. The van der Waals surface area contributed by atoms with Gasteiger partial charge in [-0.1, -0.05) is 182 Å². The van der Waals surface area contributed by atoms with Gasteiger partial charge in [0, 0.05) is 16.7 Å². The quantitative estimate of drug-likeness (QED) is 0.136. The molecule has 12 rings (SSSR count). The average molecular weight is 697 g/mol. The van der Waals surface area contributed by atoms with Gasteiger partial charge in [0.25, 0.3) is 0 Å². The van der Waals surface area contributed by atoms with E-state index in [1.807, 2.05) is 0 Å². The van der Waals surface area contributed by atoms with E-state index in [-0.39, 0.29) is 0 Å². The van der Waals surface area contributed by atoms with Crippen molar-refractivity contribution in [3.63, 3.8) is 0 Å². The van der Waals surface area contributed by atoms with Crippen molar-refractivity contribution in [3.05, 3.63) is 216 Å². The molecular weight excluding hydrogens is 665 g/mol. The summed E-state index contributed by atoms with van der Waals surface area (Å²) in [6.45, 7) is 0. The highest BCUT2D eigenvalue weighted by molar-refractivity contribution is 6.20. The standard InChI is InChI=1S/C53H32N2/c1-2-16-34(17-3-1)52-54-48(32-49(55-52)51-37-20-7-5-18-35(37)31-43-36-19-6-4-15-33(36)29-30-40(43)51)42-24-14-28-47-50(42)41-23-10-13-27-46(41)53(47)44-25-11-8-21-38(44)39-22-9-12-26-45(39)53/h1-32H. The third-order valence-corrected chi connectivity index (χ3v) is 12.1. The molecule has 1 aromatic heterocycles. The number of nitrogens with zero attached hydrogens (tertiary/aromatic N) is 2. The molecule has 0 amide bonds. The minimum absolute atomic E-state index is 0.430. The molecule has 0 saturated carbocycles. The van der Waals surface area contributed by atoms with E-state index in [1.54, 1.807) is 0 Å². The summed E-state index contributed by atoms with van der Waals surface area (Å²) in [6, 6.07) is 70.7. The van der Waals surface area contributed by atoms with Crippen molar-refractivity contribution in [3.8, 4) is 56.2 Å². The van der Waals surface area contributed by atoms with Crippen LogP contribution in [0.3, 0.4) is 0 Å². The van der Waals surface area contributed by atoms with Gasteiger partial charge < -0.3 is 0 Å². The van der Waals surface area contributed by atoms with E-state index in [0.717, 1.165) is 28.1 Å². The first-order chi connectivity index (χ1) is 27.3. The fourth-order valence-corrected chi connectivity index (χ4v) is 9.88. The van der Waals surface area contributed by atoms with Gasteiger partial charge in [0.1, 0.15) is 0 Å². The summed E-state index contributed by atoms with van der Waals surface area (Å²) in [5.74, 6) is 0.713. The SMILES string of the molecule is c1ccc(-c2nc(-c3cccc4c3-c3ccccc3C43c4ccccc4-c4ccccc43)cc(-c3c4ccccc4cc4c3ccc3ccccc34)n2)cc1. The van der Waals surface area contributed by atoms with Crippen LogP contribution in [0.1, 0.15) is 22.3 Å². The molecule has 9 aromatic carbocycles. The monoisotopic (exact) mass is 696 g/mol. The van der Waals surface area contributed by atoms with Crippen molar-refractivity contribution in [2.45, 2.75) is 5.41 Å². The van der Waals surface area contributed by atoms with E-state index in [1.165, 1.54) is 76.8 Å². The Morgan fingerprint density at radius 2 is 0.873 bits per heavy atom. The smallest absolute Gasteiger partial charge is 0.160 e. The molecule has 2 aliphatic rings. The third-order valence-electron chi connectivity index (χ3n) is 12.1. The molecule has 0 bridgehead atoms. The minimum Gasteiger partial charge on any atom is -0.228 e. The molecule has 10 aromatic rings. The highest BCUT2D eigenvalue weighted by Crippen LogP contribution is 2.64. The summed E-state index contributed by atoms with van der Waals surface area (Å²) in [4.78, 5) is 10.9. The van der Waals surface area contributed by atoms with Gasteiger partial charge in [-0.25, -0.2) is 9.97 Å². The Morgan fingerprint density at radius 1 is 0.309 bits per heavy atom. The number of benzene rings is 9. The Hall–Kier alpha value is -7.16. The van der Waals surface area contributed by atoms with E-state index in [2.05, 4.69) is 194 Å². The summed E-state index contributed by atoms with van der Waals surface area (Å²) in [7, 11) is 0. The highest BCUT2D eigenvalue weighted by Gasteiger charge is 2.52. The molecule has 0 fully saturated rings. The number of hydrogen-bond donors (Lipinski definition) is 0. The number of rotatable bonds is 3. The fraction of sp³-hybridized carbons (Fsp3) is 0.0189. The zero-order valence-electron chi connectivity index (χ0n) is 29.9. The molecule has 0 N–H and O–H groups in total. The second-order valence-corrected chi connectivity index (χ2v) is 14.8. The Bertz CT molecular complexity index is 3170. The van der Waals surface area contributed by atoms with Crippen molar-refractivity contribution < 1.29 is 0 Å². The van der Waals surface area contributed by atoms with Gasteiger partial charge in [-0.05, 0) is 89.0 Å². The molecule has 254 valence electrons. The van der Waals surface area contributed by atoms with Crippen LogP contribution in [0.15, 0.2) is 194 Å². The predicted octanol–water partition coefficient (Wildman–Crippen LogP) is 13.3. The van der Waals surface area contributed by atoms with E-state index in [4.69, 9.17) is 9.97 Å². The van der Waals surface area contributed by atoms with Crippen LogP contribution in [-0.4, -0.2) is 9.97 Å². The molecule has 1 heterocycles. The molecule has 0 saturated heterocycles. The van der Waals surface area contributed by atoms with Crippen LogP contribution in [0.5, 0.6) is 0 Å². The Kier molecular flexibility index (Phi) is 6.29. The molecule has 0 aliphatic heterocycles. The zero-order valence-corrected chi connectivity index (χ0v) is 29.9. The largest absolute Gasteiger partial charge is 0.228 e. The van der Waals surface area contributed by atoms with Gasteiger partial charge in [0.2, 0.25) is 0 Å². The summed E-state index contributed by atoms with van der Waals surface area (Å²) in [5, 5.41) is 7.25. The maximum absolute atomic E-state index is 5.45. The van der Waals surface area contributed by atoms with Crippen molar-refractivity contribution >= 4 is 32.3 Å². The van der Waals surface area contributed by atoms with Gasteiger partial charge >= 0.3 is 0 Å². The maximum Gasteiger partial charge on any atom is 0.160 e. The number of hydrogen-bond acceptors (Lipinski definition) is 2. The van der Waals surface area contributed by atoms with Crippen LogP contribution in [0, 0.1) is 0 Å². The van der Waals surface area contributed by atoms with E-state index in [0.29, 0.717) is 5.82 Å². The topological polar surface area (TPSA) is 25.8 Å². The van der Waals surface area contributed by atoms with Gasteiger partial charge in [-0.3, -0.25) is 0 Å². The summed E-state index contributed by atoms with van der Waals surface area (Å²) >= 11 is 0. The van der Waals surface area contributed by atoms with E-state index in [9.17, 15) is 0 Å². The fourth-order valence-electron chi connectivity index (χ4n) is 9.88. The Labute approximate surface area is 319 Å². The molecule has 0 radical (unpaired) electrons. The van der Waals surface area contributed by atoms with Gasteiger partial charge in [0.15, 0.2) is 5.82 Å². The van der Waals surface area contributed by atoms with Gasteiger partial charge in [0.05, 0.1) is 16.8 Å². The van der Waals surface area contributed by atoms with E-state index >= 15 is 0 Å². The molecule has 2 heteroatoms. The second kappa shape index (κ2) is 11.4. The van der Waals surface area contributed by atoms with Crippen LogP contribution in [0.2, 0.25) is 0 Å². The van der Waals surface area contributed by atoms with Crippen LogP contribution in [-0.2, 0) is 5.41 Å². The van der Waals surface area contributed by atoms with Crippen molar-refractivity contribution in [1.29, 1.82) is 0 Å². The second-order valence-electron chi connectivity index (χ2n) is 14.8. The first-order valence-corrected chi connectivity index (χ1v) is 19.0. The minimum atomic E-state index is -0.430. The number of fused-ring (bicyclic) bond motifs is 14. The maximum atomic E-state index is 5.45. The molecule has 0 unspecified atom stereocenters. The molecule has 2 aliphatic carbocycles. The van der Waals surface area contributed by atoms with Crippen molar-refractivity contribution in [2.75, 3.05) is 0 Å². The lowest BCUT2D eigenvalue weighted by Gasteiger charge is -2.30. The van der Waals surface area contributed by atoms with Gasteiger partial charge in [-0.15, -0.1) is 0 Å². The molecule has 0 atom stereocenters. The number of aromatic nitrogens is 2. The normalized spacial score (nSPS) is 13.2. The molecule has 1 spiro atoms. The van der Waals surface area contributed by atoms with E-state index < -0.39 is 5.41 Å². The average Bonchev–Trinajstić information content (AvgIpc) is 3.73. The first-order valence-electron chi connectivity index (χ1n) is 19.0. The lowest BCUT2D eigenvalue weighted by Crippen LogP contribution is -2.25. The summed E-state index contributed by atoms with van der Waals surface area (Å²) in [6.07, 6.45) is 0. The van der Waals surface area contributed by atoms with Crippen LogP contribution >= 0.6 is 0 Å². The zero-order chi connectivity index (χ0) is 36.1.